The fourth-order valence-corrected chi connectivity index (χ4v) is 2.96. The molecule has 134 valence electrons. The lowest BCUT2D eigenvalue weighted by atomic mass is 9.90. The minimum Gasteiger partial charge on any atom is -0.450 e. The molecule has 3 rings (SSSR count). The van der Waals surface area contributed by atoms with Gasteiger partial charge in [0.15, 0.2) is 0 Å². The first-order valence-electron chi connectivity index (χ1n) is 8.78. The van der Waals surface area contributed by atoms with E-state index < -0.39 is 6.16 Å². The van der Waals surface area contributed by atoms with Crippen LogP contribution in [-0.4, -0.2) is 16.4 Å². The summed E-state index contributed by atoms with van der Waals surface area (Å²) in [5, 5.41) is 13.9. The highest BCUT2D eigenvalue weighted by Gasteiger charge is 2.09. The van der Waals surface area contributed by atoms with E-state index in [9.17, 15) is 0 Å². The van der Waals surface area contributed by atoms with Gasteiger partial charge in [-0.25, -0.2) is 4.79 Å². The number of carboxylic acid groups (broad SMARTS) is 2. The minimum absolute atomic E-state index is 1.15. The first-order chi connectivity index (χ1) is 12.6. The summed E-state index contributed by atoms with van der Waals surface area (Å²) >= 11 is 0. The number of hydrogen-bond acceptors (Lipinski definition) is 1. The van der Waals surface area contributed by atoms with Crippen molar-refractivity contribution in [2.45, 2.75) is 26.2 Å². The fraction of sp³-hybridized carbons (Fsp3) is 0.174. The van der Waals surface area contributed by atoms with Crippen molar-refractivity contribution in [1.82, 2.24) is 0 Å². The normalized spacial score (nSPS) is 9.88. The lowest BCUT2D eigenvalue weighted by molar-refractivity contribution is 0.137. The molecule has 0 unspecified atom stereocenters. The highest BCUT2D eigenvalue weighted by atomic mass is 16.6. The van der Waals surface area contributed by atoms with Crippen LogP contribution in [-0.2, 0) is 6.42 Å². The lowest BCUT2D eigenvalue weighted by Crippen LogP contribution is -1.92. The average Bonchev–Trinajstić information content (AvgIpc) is 2.67. The molecular weight excluding hydrogens is 324 g/mol. The van der Waals surface area contributed by atoms with Crippen molar-refractivity contribution >= 4 is 6.16 Å². The van der Waals surface area contributed by atoms with Crippen LogP contribution in [0.3, 0.4) is 0 Å². The molecule has 0 aliphatic carbocycles. The minimum atomic E-state index is -1.83. The van der Waals surface area contributed by atoms with Gasteiger partial charge in [0.05, 0.1) is 0 Å². The quantitative estimate of drug-likeness (QED) is 0.547. The predicted molar refractivity (Wildman–Crippen MR) is 107 cm³/mol. The van der Waals surface area contributed by atoms with Crippen LogP contribution in [0.4, 0.5) is 4.79 Å². The Morgan fingerprint density at radius 3 is 1.85 bits per heavy atom. The zero-order valence-corrected chi connectivity index (χ0v) is 14.9. The second kappa shape index (κ2) is 10.0. The molecule has 0 aliphatic heterocycles. The number of carbonyl (C=O) groups is 1. The molecule has 0 amide bonds. The molecular formula is C23H24O3. The Morgan fingerprint density at radius 1 is 0.731 bits per heavy atom. The zero-order valence-electron chi connectivity index (χ0n) is 14.9. The summed E-state index contributed by atoms with van der Waals surface area (Å²) in [4.78, 5) is 8.56. The van der Waals surface area contributed by atoms with Crippen LogP contribution >= 0.6 is 0 Å². The van der Waals surface area contributed by atoms with Gasteiger partial charge < -0.3 is 10.2 Å². The Kier molecular flexibility index (Phi) is 7.44. The Balaban J connectivity index is 0.000000552. The molecule has 0 aromatic heterocycles. The molecule has 26 heavy (non-hydrogen) atoms. The van der Waals surface area contributed by atoms with E-state index in [-0.39, 0.29) is 0 Å². The molecule has 3 aromatic rings. The van der Waals surface area contributed by atoms with Crippen LogP contribution in [0.25, 0.3) is 22.3 Å². The van der Waals surface area contributed by atoms with Crippen LogP contribution in [0.2, 0.25) is 0 Å². The molecule has 0 saturated heterocycles. The molecule has 0 saturated carbocycles. The molecule has 0 aliphatic rings. The SMILES string of the molecule is CCCCc1ccccc1-c1ccccc1-c1ccccc1.O=C(O)O. The topological polar surface area (TPSA) is 57.5 Å². The highest BCUT2D eigenvalue weighted by molar-refractivity contribution is 5.84. The summed E-state index contributed by atoms with van der Waals surface area (Å²) < 4.78 is 0. The Morgan fingerprint density at radius 2 is 1.23 bits per heavy atom. The van der Waals surface area contributed by atoms with Crippen LogP contribution in [0.5, 0.6) is 0 Å². The summed E-state index contributed by atoms with van der Waals surface area (Å²) in [5.41, 5.74) is 6.75. The zero-order chi connectivity index (χ0) is 18.8. The van der Waals surface area contributed by atoms with Crippen LogP contribution in [0.15, 0.2) is 78.9 Å². The Bertz CT molecular complexity index is 822. The number of aryl methyl sites for hydroxylation is 1. The third kappa shape index (κ3) is 5.49. The first kappa shape index (κ1) is 19.3. The van der Waals surface area contributed by atoms with Gasteiger partial charge in [-0.3, -0.25) is 0 Å². The van der Waals surface area contributed by atoms with E-state index in [0.717, 1.165) is 6.42 Å². The van der Waals surface area contributed by atoms with Crippen molar-refractivity contribution in [3.8, 4) is 22.3 Å². The van der Waals surface area contributed by atoms with Gasteiger partial charge in [0.1, 0.15) is 0 Å². The molecule has 0 bridgehead atoms. The Hall–Kier alpha value is -3.07. The lowest BCUT2D eigenvalue weighted by Gasteiger charge is -2.14. The third-order valence-corrected chi connectivity index (χ3v) is 4.12. The fourth-order valence-electron chi connectivity index (χ4n) is 2.96. The molecule has 0 atom stereocenters. The predicted octanol–water partition coefficient (Wildman–Crippen LogP) is 6.59. The van der Waals surface area contributed by atoms with E-state index >= 15 is 0 Å². The maximum Gasteiger partial charge on any atom is 0.503 e. The highest BCUT2D eigenvalue weighted by Crippen LogP contribution is 2.34. The van der Waals surface area contributed by atoms with Crippen molar-refractivity contribution in [3.63, 3.8) is 0 Å². The summed E-state index contributed by atoms with van der Waals surface area (Å²) in [7, 11) is 0. The molecule has 0 heterocycles. The first-order valence-corrected chi connectivity index (χ1v) is 8.78. The average molecular weight is 348 g/mol. The van der Waals surface area contributed by atoms with E-state index in [1.807, 2.05) is 0 Å². The maximum absolute atomic E-state index is 8.56. The summed E-state index contributed by atoms with van der Waals surface area (Å²) in [6.45, 7) is 2.25. The molecule has 2 N–H and O–H groups in total. The van der Waals surface area contributed by atoms with Crippen molar-refractivity contribution < 1.29 is 15.0 Å². The van der Waals surface area contributed by atoms with Crippen molar-refractivity contribution in [3.05, 3.63) is 84.4 Å². The van der Waals surface area contributed by atoms with Gasteiger partial charge in [0.25, 0.3) is 0 Å². The van der Waals surface area contributed by atoms with Gasteiger partial charge in [-0.05, 0) is 40.7 Å². The number of hydrogen-bond donors (Lipinski definition) is 2. The summed E-state index contributed by atoms with van der Waals surface area (Å²) in [5.74, 6) is 0. The molecule has 0 radical (unpaired) electrons. The standard InChI is InChI=1S/C22H22.CH2O3/c1-2-3-11-18-14-7-8-15-20(18)22-17-10-9-16-21(22)19-12-5-4-6-13-19;2-1(3)4/h4-10,12-17H,2-3,11H2,1H3;(H2,2,3,4). The van der Waals surface area contributed by atoms with Gasteiger partial charge in [-0.2, -0.15) is 0 Å². The molecule has 0 spiro atoms. The van der Waals surface area contributed by atoms with Gasteiger partial charge in [-0.15, -0.1) is 0 Å². The molecule has 0 fully saturated rings. The van der Waals surface area contributed by atoms with E-state index in [1.54, 1.807) is 0 Å². The van der Waals surface area contributed by atoms with Crippen molar-refractivity contribution in [2.24, 2.45) is 0 Å². The smallest absolute Gasteiger partial charge is 0.450 e. The monoisotopic (exact) mass is 348 g/mol. The number of unbranched alkanes of at least 4 members (excludes halogenated alkanes) is 1. The Labute approximate surface area is 154 Å². The maximum atomic E-state index is 8.56. The van der Waals surface area contributed by atoms with E-state index in [0.29, 0.717) is 0 Å². The van der Waals surface area contributed by atoms with Crippen LogP contribution in [0, 0.1) is 0 Å². The largest absolute Gasteiger partial charge is 0.503 e. The van der Waals surface area contributed by atoms with Crippen LogP contribution < -0.4 is 0 Å². The van der Waals surface area contributed by atoms with E-state index in [4.69, 9.17) is 15.0 Å². The summed E-state index contributed by atoms with van der Waals surface area (Å²) in [6.07, 6.45) is 1.79. The van der Waals surface area contributed by atoms with Gasteiger partial charge in [0.2, 0.25) is 0 Å². The second-order valence-corrected chi connectivity index (χ2v) is 5.95. The van der Waals surface area contributed by atoms with Crippen molar-refractivity contribution in [1.29, 1.82) is 0 Å². The van der Waals surface area contributed by atoms with Gasteiger partial charge in [0, 0.05) is 0 Å². The van der Waals surface area contributed by atoms with Gasteiger partial charge in [-0.1, -0.05) is 92.2 Å². The second-order valence-electron chi connectivity index (χ2n) is 5.95. The number of rotatable bonds is 5. The van der Waals surface area contributed by atoms with E-state index in [1.165, 1.54) is 40.7 Å². The third-order valence-electron chi connectivity index (χ3n) is 4.12. The van der Waals surface area contributed by atoms with E-state index in [2.05, 4.69) is 85.8 Å². The van der Waals surface area contributed by atoms with Gasteiger partial charge >= 0.3 is 6.16 Å². The summed E-state index contributed by atoms with van der Waals surface area (Å²) in [6, 6.07) is 28.2. The van der Waals surface area contributed by atoms with Crippen molar-refractivity contribution in [2.75, 3.05) is 0 Å². The molecule has 3 heteroatoms. The number of benzene rings is 3. The molecule has 3 nitrogen and oxygen atoms in total. The molecule has 3 aromatic carbocycles. The van der Waals surface area contributed by atoms with Crippen LogP contribution in [0.1, 0.15) is 25.3 Å².